The van der Waals surface area contributed by atoms with Crippen LogP contribution in [0.3, 0.4) is 0 Å². The Morgan fingerprint density at radius 3 is 2.75 bits per heavy atom. The van der Waals surface area contributed by atoms with Crippen molar-refractivity contribution in [3.05, 3.63) is 35.6 Å². The molecule has 0 aliphatic heterocycles. The fourth-order valence-electron chi connectivity index (χ4n) is 2.05. The maximum atomic E-state index is 12.8. The number of pyridine rings is 1. The van der Waals surface area contributed by atoms with E-state index in [1.165, 1.54) is 22.2 Å². The molecule has 0 bridgehead atoms. The smallest absolute Gasteiger partial charge is 0.339 e. The third-order valence-electron chi connectivity index (χ3n) is 3.12. The second kappa shape index (κ2) is 6.42. The number of nitrogens with zero attached hydrogens (tertiary/aromatic N) is 5. The predicted molar refractivity (Wildman–Crippen MR) is 80.4 cm³/mol. The highest BCUT2D eigenvalue weighted by molar-refractivity contribution is 7.98. The van der Waals surface area contributed by atoms with Gasteiger partial charge in [-0.25, -0.2) is 0 Å². The zero-order valence-electron chi connectivity index (χ0n) is 12.9. The topological polar surface area (TPSA) is 69.1 Å². The first-order chi connectivity index (χ1) is 11.3. The molecule has 3 aromatic heterocycles. The number of hydrogen-bond donors (Lipinski definition) is 0. The summed E-state index contributed by atoms with van der Waals surface area (Å²) in [7, 11) is 0. The second-order valence-corrected chi connectivity index (χ2v) is 6.56. The van der Waals surface area contributed by atoms with Gasteiger partial charge in [0.05, 0.1) is 11.3 Å². The molecule has 0 saturated heterocycles. The van der Waals surface area contributed by atoms with Crippen LogP contribution in [0, 0.1) is 5.92 Å². The van der Waals surface area contributed by atoms with Crippen molar-refractivity contribution in [1.29, 1.82) is 0 Å². The molecule has 6 nitrogen and oxygen atoms in total. The highest BCUT2D eigenvalue weighted by atomic mass is 32.2. The number of halogens is 3. The number of rotatable bonds is 5. The van der Waals surface area contributed by atoms with Crippen LogP contribution in [-0.4, -0.2) is 24.7 Å². The fourth-order valence-corrected chi connectivity index (χ4v) is 2.81. The Labute approximate surface area is 139 Å². The minimum atomic E-state index is -4.42. The maximum Gasteiger partial charge on any atom is 0.417 e. The van der Waals surface area contributed by atoms with Gasteiger partial charge in [-0.1, -0.05) is 30.8 Å². The van der Waals surface area contributed by atoms with E-state index in [0.717, 1.165) is 12.3 Å². The number of alkyl halides is 3. The monoisotopic (exact) mass is 357 g/mol. The lowest BCUT2D eigenvalue weighted by molar-refractivity contribution is -0.137. The fraction of sp³-hybridized carbons (Fsp3) is 0.429. The van der Waals surface area contributed by atoms with E-state index in [-0.39, 0.29) is 0 Å². The molecule has 3 rings (SSSR count). The molecule has 0 spiro atoms. The van der Waals surface area contributed by atoms with E-state index in [2.05, 4.69) is 20.3 Å². The standard InChI is InChI=1S/C14H14F3N5OS/c1-8(2)5-12-18-10(21-23-12)7-24-13-20-19-11-4-3-9(6-22(11)13)14(15,16)17/h3-4,6,8H,5,7H2,1-2H3. The van der Waals surface area contributed by atoms with Crippen molar-refractivity contribution in [2.45, 2.75) is 37.4 Å². The Bertz CT molecular complexity index is 842. The van der Waals surface area contributed by atoms with E-state index in [9.17, 15) is 13.2 Å². The van der Waals surface area contributed by atoms with Crippen molar-refractivity contribution < 1.29 is 17.7 Å². The van der Waals surface area contributed by atoms with Crippen LogP contribution in [0.5, 0.6) is 0 Å². The molecule has 0 radical (unpaired) electrons. The summed E-state index contributed by atoms with van der Waals surface area (Å²) >= 11 is 1.20. The molecule has 0 saturated carbocycles. The van der Waals surface area contributed by atoms with Crippen LogP contribution < -0.4 is 0 Å². The molecule has 0 aliphatic carbocycles. The van der Waals surface area contributed by atoms with Crippen LogP contribution in [0.1, 0.15) is 31.1 Å². The SMILES string of the molecule is CC(C)Cc1nc(CSc2nnc3ccc(C(F)(F)F)cn23)no1. The largest absolute Gasteiger partial charge is 0.417 e. The van der Waals surface area contributed by atoms with E-state index in [1.54, 1.807) is 0 Å². The molecular formula is C14H14F3N5OS. The van der Waals surface area contributed by atoms with E-state index < -0.39 is 11.7 Å². The van der Waals surface area contributed by atoms with Crippen molar-refractivity contribution in [3.8, 4) is 0 Å². The van der Waals surface area contributed by atoms with Crippen molar-refractivity contribution in [3.63, 3.8) is 0 Å². The van der Waals surface area contributed by atoms with Crippen LogP contribution in [-0.2, 0) is 18.3 Å². The van der Waals surface area contributed by atoms with Gasteiger partial charge in [0.1, 0.15) is 0 Å². The zero-order valence-corrected chi connectivity index (χ0v) is 13.7. The minimum Gasteiger partial charge on any atom is -0.339 e. The van der Waals surface area contributed by atoms with Crippen LogP contribution in [0.4, 0.5) is 13.2 Å². The van der Waals surface area contributed by atoms with Crippen LogP contribution >= 0.6 is 11.8 Å². The van der Waals surface area contributed by atoms with Crippen LogP contribution in [0.25, 0.3) is 5.65 Å². The molecule has 3 aromatic rings. The number of thioether (sulfide) groups is 1. The molecule has 0 amide bonds. The molecule has 128 valence electrons. The molecular weight excluding hydrogens is 343 g/mol. The van der Waals surface area contributed by atoms with E-state index >= 15 is 0 Å². The Hall–Kier alpha value is -2.10. The molecule has 0 aliphatic rings. The highest BCUT2D eigenvalue weighted by Crippen LogP contribution is 2.30. The first kappa shape index (κ1) is 16.7. The Morgan fingerprint density at radius 1 is 1.25 bits per heavy atom. The molecule has 0 fully saturated rings. The van der Waals surface area contributed by atoms with Gasteiger partial charge in [0.25, 0.3) is 0 Å². The normalized spacial score (nSPS) is 12.4. The average Bonchev–Trinajstić information content (AvgIpc) is 3.09. The lowest BCUT2D eigenvalue weighted by atomic mass is 10.1. The van der Waals surface area contributed by atoms with Crippen molar-refractivity contribution in [1.82, 2.24) is 24.7 Å². The molecule has 0 atom stereocenters. The summed E-state index contributed by atoms with van der Waals surface area (Å²) in [6.07, 6.45) is -2.75. The molecule has 10 heteroatoms. The van der Waals surface area contributed by atoms with Gasteiger partial charge in [-0.3, -0.25) is 4.40 Å². The maximum absolute atomic E-state index is 12.8. The van der Waals surface area contributed by atoms with E-state index in [1.807, 2.05) is 13.8 Å². The van der Waals surface area contributed by atoms with Crippen molar-refractivity contribution in [2.24, 2.45) is 5.92 Å². The predicted octanol–water partition coefficient (Wildman–Crippen LogP) is 3.62. The third kappa shape index (κ3) is 3.69. The number of aromatic nitrogens is 5. The Kier molecular flexibility index (Phi) is 4.48. The van der Waals surface area contributed by atoms with E-state index in [0.29, 0.717) is 40.6 Å². The average molecular weight is 357 g/mol. The number of fused-ring (bicyclic) bond motifs is 1. The summed E-state index contributed by atoms with van der Waals surface area (Å²) in [6, 6.07) is 2.27. The van der Waals surface area contributed by atoms with Crippen LogP contribution in [0.15, 0.2) is 28.0 Å². The summed E-state index contributed by atoms with van der Waals surface area (Å²) in [5, 5.41) is 12.0. The van der Waals surface area contributed by atoms with Gasteiger partial charge in [-0.2, -0.15) is 18.2 Å². The van der Waals surface area contributed by atoms with Gasteiger partial charge in [0.2, 0.25) is 5.89 Å². The van der Waals surface area contributed by atoms with Gasteiger partial charge < -0.3 is 4.52 Å². The Balaban J connectivity index is 1.76. The summed E-state index contributed by atoms with van der Waals surface area (Å²) in [6.45, 7) is 4.08. The lowest BCUT2D eigenvalue weighted by Crippen LogP contribution is -2.06. The first-order valence-corrected chi connectivity index (χ1v) is 8.17. The van der Waals surface area contributed by atoms with Crippen molar-refractivity contribution in [2.75, 3.05) is 0 Å². The minimum absolute atomic E-state index is 0.332. The molecule has 3 heterocycles. The van der Waals surface area contributed by atoms with Gasteiger partial charge in [-0.05, 0) is 18.1 Å². The summed E-state index contributed by atoms with van der Waals surface area (Å²) in [4.78, 5) is 4.25. The quantitative estimate of drug-likeness (QED) is 0.650. The lowest BCUT2D eigenvalue weighted by Gasteiger charge is -2.06. The number of hydrogen-bond acceptors (Lipinski definition) is 6. The van der Waals surface area contributed by atoms with Gasteiger partial charge in [0, 0.05) is 12.6 Å². The van der Waals surface area contributed by atoms with Gasteiger partial charge in [0.15, 0.2) is 16.6 Å². The van der Waals surface area contributed by atoms with Gasteiger partial charge in [-0.15, -0.1) is 10.2 Å². The highest BCUT2D eigenvalue weighted by Gasteiger charge is 2.31. The first-order valence-electron chi connectivity index (χ1n) is 7.19. The summed E-state index contributed by atoms with van der Waals surface area (Å²) in [5.41, 5.74) is -0.408. The summed E-state index contributed by atoms with van der Waals surface area (Å²) < 4.78 is 44.9. The molecule has 0 unspecified atom stereocenters. The van der Waals surface area contributed by atoms with Crippen LogP contribution in [0.2, 0.25) is 0 Å². The van der Waals surface area contributed by atoms with Gasteiger partial charge >= 0.3 is 6.18 Å². The van der Waals surface area contributed by atoms with E-state index in [4.69, 9.17) is 4.52 Å². The zero-order chi connectivity index (χ0) is 17.3. The second-order valence-electron chi connectivity index (χ2n) is 5.62. The molecule has 24 heavy (non-hydrogen) atoms. The molecule has 0 aromatic carbocycles. The van der Waals surface area contributed by atoms with Crippen molar-refractivity contribution >= 4 is 17.4 Å². The summed E-state index contributed by atoms with van der Waals surface area (Å²) in [5.74, 6) is 1.75. The third-order valence-corrected chi connectivity index (χ3v) is 4.06. The molecule has 0 N–H and O–H groups in total. The Morgan fingerprint density at radius 2 is 2.04 bits per heavy atom.